The van der Waals surface area contributed by atoms with Gasteiger partial charge in [-0.2, -0.15) is 0 Å². The Bertz CT molecular complexity index is 521. The topological polar surface area (TPSA) is 53.6 Å². The van der Waals surface area contributed by atoms with Crippen LogP contribution in [0, 0.1) is 12.8 Å². The first kappa shape index (κ1) is 16.3. The minimum atomic E-state index is -0.0988. The Morgan fingerprint density at radius 2 is 2.13 bits per heavy atom. The first-order valence-electron chi connectivity index (χ1n) is 8.63. The molecule has 2 aliphatic rings. The van der Waals surface area contributed by atoms with Gasteiger partial charge in [0, 0.05) is 38.0 Å². The molecule has 126 valence electrons. The Balaban J connectivity index is 1.38. The van der Waals surface area contributed by atoms with Crippen molar-refractivity contribution in [3.05, 3.63) is 29.8 Å². The lowest BCUT2D eigenvalue weighted by molar-refractivity contribution is 0.148. The fourth-order valence-electron chi connectivity index (χ4n) is 3.43. The zero-order chi connectivity index (χ0) is 16.1. The van der Waals surface area contributed by atoms with E-state index in [1.807, 2.05) is 31.2 Å². The third kappa shape index (κ3) is 4.94. The van der Waals surface area contributed by atoms with Crippen LogP contribution in [0.2, 0.25) is 0 Å². The van der Waals surface area contributed by atoms with Gasteiger partial charge in [-0.05, 0) is 49.8 Å². The maximum atomic E-state index is 12.1. The third-order valence-electron chi connectivity index (χ3n) is 4.74. The Labute approximate surface area is 138 Å². The molecule has 1 unspecified atom stereocenters. The van der Waals surface area contributed by atoms with Crippen molar-refractivity contribution in [1.29, 1.82) is 0 Å². The van der Waals surface area contributed by atoms with Crippen LogP contribution >= 0.6 is 0 Å². The van der Waals surface area contributed by atoms with Gasteiger partial charge in [0.15, 0.2) is 0 Å². The van der Waals surface area contributed by atoms with Gasteiger partial charge in [0.2, 0.25) is 0 Å². The number of aryl methyl sites for hydroxylation is 1. The van der Waals surface area contributed by atoms with Crippen LogP contribution in [0.5, 0.6) is 0 Å². The number of likely N-dealkylation sites (tertiary alicyclic amines) is 1. The molecule has 0 spiro atoms. The second-order valence-electron chi connectivity index (χ2n) is 6.77. The third-order valence-corrected chi connectivity index (χ3v) is 4.74. The zero-order valence-corrected chi connectivity index (χ0v) is 13.9. The van der Waals surface area contributed by atoms with Crippen LogP contribution in [0.1, 0.15) is 24.8 Å². The number of ether oxygens (including phenoxy) is 1. The molecule has 0 saturated carbocycles. The van der Waals surface area contributed by atoms with Gasteiger partial charge in [0.05, 0.1) is 6.61 Å². The molecule has 2 fully saturated rings. The van der Waals surface area contributed by atoms with Crippen molar-refractivity contribution in [2.45, 2.75) is 32.2 Å². The van der Waals surface area contributed by atoms with E-state index in [4.69, 9.17) is 4.74 Å². The second-order valence-corrected chi connectivity index (χ2v) is 6.77. The second kappa shape index (κ2) is 7.79. The van der Waals surface area contributed by atoms with E-state index >= 15 is 0 Å². The summed E-state index contributed by atoms with van der Waals surface area (Å²) in [4.78, 5) is 14.6. The molecule has 1 aromatic carbocycles. The predicted molar refractivity (Wildman–Crippen MR) is 91.7 cm³/mol. The lowest BCUT2D eigenvalue weighted by Gasteiger charge is -2.33. The fraction of sp³-hybridized carbons (Fsp3) is 0.611. The SMILES string of the molecule is Cc1cccc(NC(=O)NC2CCN(CC3CCOC3)CC2)c1. The number of carbonyl (C=O) groups is 1. The molecule has 1 aromatic rings. The molecule has 1 atom stereocenters. The highest BCUT2D eigenvalue weighted by Crippen LogP contribution is 2.18. The number of amides is 2. The molecule has 0 aliphatic carbocycles. The number of hydrogen-bond donors (Lipinski definition) is 2. The lowest BCUT2D eigenvalue weighted by atomic mass is 10.0. The van der Waals surface area contributed by atoms with Crippen LogP contribution in [0.15, 0.2) is 24.3 Å². The molecule has 0 bridgehead atoms. The number of hydrogen-bond acceptors (Lipinski definition) is 3. The number of nitrogens with zero attached hydrogens (tertiary/aromatic N) is 1. The smallest absolute Gasteiger partial charge is 0.319 e. The molecule has 2 heterocycles. The molecule has 3 rings (SSSR count). The van der Waals surface area contributed by atoms with E-state index in [9.17, 15) is 4.79 Å². The van der Waals surface area contributed by atoms with Gasteiger partial charge >= 0.3 is 6.03 Å². The first-order chi connectivity index (χ1) is 11.2. The molecule has 0 aromatic heterocycles. The van der Waals surface area contributed by atoms with Crippen LogP contribution in [0.25, 0.3) is 0 Å². The average molecular weight is 317 g/mol. The summed E-state index contributed by atoms with van der Waals surface area (Å²) in [5.74, 6) is 0.698. The normalized spacial score (nSPS) is 22.9. The van der Waals surface area contributed by atoms with Gasteiger partial charge in [-0.15, -0.1) is 0 Å². The van der Waals surface area contributed by atoms with Crippen molar-refractivity contribution < 1.29 is 9.53 Å². The van der Waals surface area contributed by atoms with E-state index in [2.05, 4.69) is 15.5 Å². The minimum absolute atomic E-state index is 0.0988. The standard InChI is InChI=1S/C18H27N3O2/c1-14-3-2-4-17(11-14)20-18(22)19-16-5-8-21(9-6-16)12-15-7-10-23-13-15/h2-4,11,15-16H,5-10,12-13H2,1H3,(H2,19,20,22). The first-order valence-corrected chi connectivity index (χ1v) is 8.63. The number of benzene rings is 1. The maximum absolute atomic E-state index is 12.1. The van der Waals surface area contributed by atoms with Crippen molar-refractivity contribution in [1.82, 2.24) is 10.2 Å². The summed E-state index contributed by atoms with van der Waals surface area (Å²) < 4.78 is 5.45. The number of urea groups is 1. The van der Waals surface area contributed by atoms with Crippen molar-refractivity contribution in [3.63, 3.8) is 0 Å². The highest BCUT2D eigenvalue weighted by Gasteiger charge is 2.24. The van der Waals surface area contributed by atoms with E-state index < -0.39 is 0 Å². The minimum Gasteiger partial charge on any atom is -0.381 e. The average Bonchev–Trinajstić information content (AvgIpc) is 3.02. The van der Waals surface area contributed by atoms with Crippen molar-refractivity contribution >= 4 is 11.7 Å². The molecule has 2 aliphatic heterocycles. The van der Waals surface area contributed by atoms with Crippen molar-refractivity contribution in [2.24, 2.45) is 5.92 Å². The summed E-state index contributed by atoms with van der Waals surface area (Å²) in [7, 11) is 0. The largest absolute Gasteiger partial charge is 0.381 e. The van der Waals surface area contributed by atoms with E-state index in [-0.39, 0.29) is 12.1 Å². The number of anilines is 1. The molecule has 0 radical (unpaired) electrons. The molecule has 2 saturated heterocycles. The molecule has 2 amide bonds. The van der Waals surface area contributed by atoms with Crippen molar-refractivity contribution in [2.75, 3.05) is 38.2 Å². The molecular formula is C18H27N3O2. The number of carbonyl (C=O) groups excluding carboxylic acids is 1. The van der Waals surface area contributed by atoms with E-state index in [0.717, 1.165) is 56.9 Å². The summed E-state index contributed by atoms with van der Waals surface area (Å²) in [6.07, 6.45) is 3.24. The van der Waals surface area contributed by atoms with E-state index in [1.165, 1.54) is 6.42 Å². The summed E-state index contributed by atoms with van der Waals surface area (Å²) in [5, 5.41) is 6.02. The molecule has 2 N–H and O–H groups in total. The maximum Gasteiger partial charge on any atom is 0.319 e. The van der Waals surface area contributed by atoms with Crippen LogP contribution < -0.4 is 10.6 Å². The summed E-state index contributed by atoms with van der Waals surface area (Å²) in [6.45, 7) is 7.12. The number of nitrogens with one attached hydrogen (secondary N) is 2. The van der Waals surface area contributed by atoms with Gasteiger partial charge in [0.1, 0.15) is 0 Å². The van der Waals surface area contributed by atoms with E-state index in [1.54, 1.807) is 0 Å². The van der Waals surface area contributed by atoms with Gasteiger partial charge in [-0.3, -0.25) is 0 Å². The molecular weight excluding hydrogens is 290 g/mol. The van der Waals surface area contributed by atoms with Crippen LogP contribution in [-0.4, -0.2) is 49.8 Å². The highest BCUT2D eigenvalue weighted by molar-refractivity contribution is 5.89. The molecule has 23 heavy (non-hydrogen) atoms. The van der Waals surface area contributed by atoms with Gasteiger partial charge in [-0.1, -0.05) is 12.1 Å². The van der Waals surface area contributed by atoms with E-state index in [0.29, 0.717) is 5.92 Å². The fourth-order valence-corrected chi connectivity index (χ4v) is 3.43. The molecule has 5 nitrogen and oxygen atoms in total. The van der Waals surface area contributed by atoms with Crippen LogP contribution in [-0.2, 0) is 4.74 Å². The number of rotatable bonds is 4. The monoisotopic (exact) mass is 317 g/mol. The Kier molecular flexibility index (Phi) is 5.51. The molecule has 5 heteroatoms. The summed E-state index contributed by atoms with van der Waals surface area (Å²) >= 11 is 0. The van der Waals surface area contributed by atoms with Gasteiger partial charge < -0.3 is 20.3 Å². The van der Waals surface area contributed by atoms with Gasteiger partial charge in [-0.25, -0.2) is 4.79 Å². The van der Waals surface area contributed by atoms with Crippen LogP contribution in [0.3, 0.4) is 0 Å². The summed E-state index contributed by atoms with van der Waals surface area (Å²) in [6, 6.07) is 8.05. The zero-order valence-electron chi connectivity index (χ0n) is 13.9. The van der Waals surface area contributed by atoms with Gasteiger partial charge in [0.25, 0.3) is 0 Å². The quantitative estimate of drug-likeness (QED) is 0.897. The Morgan fingerprint density at radius 3 is 2.83 bits per heavy atom. The summed E-state index contributed by atoms with van der Waals surface area (Å²) in [5.41, 5.74) is 1.99. The number of piperidine rings is 1. The van der Waals surface area contributed by atoms with Crippen LogP contribution in [0.4, 0.5) is 10.5 Å². The Hall–Kier alpha value is -1.59. The van der Waals surface area contributed by atoms with Crippen molar-refractivity contribution in [3.8, 4) is 0 Å². The lowest BCUT2D eigenvalue weighted by Crippen LogP contribution is -2.47. The highest BCUT2D eigenvalue weighted by atomic mass is 16.5. The predicted octanol–water partition coefficient (Wildman–Crippen LogP) is 2.62. The Morgan fingerprint density at radius 1 is 1.30 bits per heavy atom.